The highest BCUT2D eigenvalue weighted by Crippen LogP contribution is 2.70. The molecule has 1 fully saturated rings. The summed E-state index contributed by atoms with van der Waals surface area (Å²) < 4.78 is 6.64. The van der Waals surface area contributed by atoms with E-state index in [1.165, 1.54) is 56.8 Å². The van der Waals surface area contributed by atoms with Gasteiger partial charge in [0.2, 0.25) is 0 Å². The van der Waals surface area contributed by atoms with Gasteiger partial charge in [0.1, 0.15) is 12.2 Å². The van der Waals surface area contributed by atoms with Crippen molar-refractivity contribution in [3.8, 4) is 0 Å². The Balaban J connectivity index is 1.71. The first-order chi connectivity index (χ1) is 17.1. The molecular weight excluding hydrogens is 458 g/mol. The number of likely N-dealkylation sites (N-methyl/N-ethyl adjacent to an activating group) is 1. The summed E-state index contributed by atoms with van der Waals surface area (Å²) in [5.41, 5.74) is 10.6. The van der Waals surface area contributed by atoms with Gasteiger partial charge in [-0.15, -0.1) is 0 Å². The van der Waals surface area contributed by atoms with Crippen LogP contribution in [0.1, 0.15) is 55.4 Å². The monoisotopic (exact) mass is 497 g/mol. The second kappa shape index (κ2) is 7.24. The number of fused-ring (bicyclic) bond motifs is 5. The van der Waals surface area contributed by atoms with Crippen molar-refractivity contribution in [2.75, 3.05) is 14.2 Å². The minimum absolute atomic E-state index is 0.00793. The molecule has 2 heterocycles. The third-order valence-electron chi connectivity index (χ3n) is 9.75. The van der Waals surface area contributed by atoms with Crippen molar-refractivity contribution in [3.05, 3.63) is 92.7 Å². The molecule has 1 saturated heterocycles. The molecule has 0 radical (unpaired) electrons. The van der Waals surface area contributed by atoms with Crippen LogP contribution in [-0.2, 0) is 14.4 Å². The lowest BCUT2D eigenvalue weighted by Gasteiger charge is -2.59. The lowest BCUT2D eigenvalue weighted by atomic mass is 9.43. The lowest BCUT2D eigenvalue weighted by Crippen LogP contribution is -2.50. The molecule has 4 aliphatic carbocycles. The van der Waals surface area contributed by atoms with Crippen LogP contribution < -0.4 is 0 Å². The zero-order chi connectivity index (χ0) is 26.9. The summed E-state index contributed by atoms with van der Waals surface area (Å²) in [5, 5.41) is 1.30. The van der Waals surface area contributed by atoms with E-state index in [4.69, 9.17) is 9.57 Å². The van der Waals surface area contributed by atoms with Gasteiger partial charge in [-0.3, -0.25) is 9.63 Å². The SMILES string of the molecule is CON(C)C(=O)C1=C[C@H]2O[C@@H]1C1=C3C=C(C(C)(C)C)C=C4C=CC5=CC(C(C)(C)C)=CC(=C12)[C@@]5(C)[C@@]43C. The maximum absolute atomic E-state index is 13.3. The molecule has 0 saturated carbocycles. The van der Waals surface area contributed by atoms with E-state index in [0.29, 0.717) is 5.57 Å². The Kier molecular flexibility index (Phi) is 4.82. The molecule has 0 N–H and O–H groups in total. The quantitative estimate of drug-likeness (QED) is 0.397. The highest BCUT2D eigenvalue weighted by Gasteiger charge is 2.63. The minimum Gasteiger partial charge on any atom is -0.356 e. The number of ether oxygens (including phenoxy) is 1. The summed E-state index contributed by atoms with van der Waals surface area (Å²) in [6.45, 7) is 18.5. The summed E-state index contributed by atoms with van der Waals surface area (Å²) in [4.78, 5) is 18.6. The number of allylic oxidation sites excluding steroid dienone is 12. The zero-order valence-corrected chi connectivity index (χ0v) is 23.9. The van der Waals surface area contributed by atoms with Crippen molar-refractivity contribution >= 4 is 5.91 Å². The average Bonchev–Trinajstić information content (AvgIpc) is 3.39. The molecule has 0 aromatic carbocycles. The molecule has 0 aromatic heterocycles. The van der Waals surface area contributed by atoms with E-state index >= 15 is 0 Å². The van der Waals surface area contributed by atoms with Crippen molar-refractivity contribution in [2.45, 2.75) is 67.6 Å². The van der Waals surface area contributed by atoms with E-state index in [-0.39, 0.29) is 33.7 Å². The van der Waals surface area contributed by atoms with Crippen molar-refractivity contribution in [1.82, 2.24) is 5.06 Å². The van der Waals surface area contributed by atoms with Crippen LogP contribution >= 0.6 is 0 Å². The molecule has 2 aliphatic heterocycles. The molecule has 4 heteroatoms. The first kappa shape index (κ1) is 24.6. The molecule has 2 bridgehead atoms. The van der Waals surface area contributed by atoms with Gasteiger partial charge in [-0.05, 0) is 61.5 Å². The average molecular weight is 498 g/mol. The smallest absolute Gasteiger partial charge is 0.275 e. The van der Waals surface area contributed by atoms with E-state index in [9.17, 15) is 4.79 Å². The summed E-state index contributed by atoms with van der Waals surface area (Å²) in [5.74, 6) is -0.143. The Morgan fingerprint density at radius 2 is 1.35 bits per heavy atom. The van der Waals surface area contributed by atoms with Crippen molar-refractivity contribution in [3.63, 3.8) is 0 Å². The van der Waals surface area contributed by atoms with E-state index < -0.39 is 6.10 Å². The lowest BCUT2D eigenvalue weighted by molar-refractivity contribution is -0.164. The van der Waals surface area contributed by atoms with Crippen LogP contribution in [-0.4, -0.2) is 37.3 Å². The second-order valence-corrected chi connectivity index (χ2v) is 13.7. The van der Waals surface area contributed by atoms with Gasteiger partial charge in [0.25, 0.3) is 5.91 Å². The Morgan fingerprint density at radius 1 is 0.865 bits per heavy atom. The Labute approximate surface area is 221 Å². The summed E-state index contributed by atoms with van der Waals surface area (Å²) >= 11 is 0. The van der Waals surface area contributed by atoms with Crippen LogP contribution in [0, 0.1) is 21.7 Å². The first-order valence-corrected chi connectivity index (χ1v) is 13.4. The van der Waals surface area contributed by atoms with Crippen molar-refractivity contribution in [2.24, 2.45) is 21.7 Å². The zero-order valence-electron chi connectivity index (χ0n) is 23.9. The molecule has 6 aliphatic rings. The summed E-state index contributed by atoms with van der Waals surface area (Å²) in [6.07, 6.45) is 15.7. The minimum atomic E-state index is -0.391. The molecule has 6 rings (SSSR count). The summed E-state index contributed by atoms with van der Waals surface area (Å²) in [6, 6.07) is 0. The fraction of sp³-hybridized carbons (Fsp3) is 0.485. The first-order valence-electron chi connectivity index (χ1n) is 13.4. The third kappa shape index (κ3) is 2.94. The van der Waals surface area contributed by atoms with Crippen LogP contribution in [0.25, 0.3) is 0 Å². The van der Waals surface area contributed by atoms with Gasteiger partial charge in [-0.1, -0.05) is 91.8 Å². The van der Waals surface area contributed by atoms with Gasteiger partial charge < -0.3 is 4.74 Å². The number of hydroxylamine groups is 2. The number of rotatable bonds is 2. The van der Waals surface area contributed by atoms with Gasteiger partial charge in [0.15, 0.2) is 0 Å². The Hall–Kier alpha value is -2.69. The largest absolute Gasteiger partial charge is 0.356 e. The van der Waals surface area contributed by atoms with Crippen LogP contribution in [0.2, 0.25) is 0 Å². The Morgan fingerprint density at radius 3 is 1.81 bits per heavy atom. The highest BCUT2D eigenvalue weighted by atomic mass is 16.7. The molecule has 1 amide bonds. The van der Waals surface area contributed by atoms with Gasteiger partial charge in [0, 0.05) is 17.9 Å². The second-order valence-electron chi connectivity index (χ2n) is 13.7. The number of nitrogens with zero attached hydrogens (tertiary/aromatic N) is 1. The molecule has 194 valence electrons. The fourth-order valence-corrected chi connectivity index (χ4v) is 7.12. The van der Waals surface area contributed by atoms with Gasteiger partial charge >= 0.3 is 0 Å². The summed E-state index contributed by atoms with van der Waals surface area (Å²) in [7, 11) is 3.18. The van der Waals surface area contributed by atoms with Crippen LogP contribution in [0.15, 0.2) is 92.7 Å². The fourth-order valence-electron chi connectivity index (χ4n) is 7.12. The molecule has 4 nitrogen and oxygen atoms in total. The number of carbonyl (C=O) groups is 1. The van der Waals surface area contributed by atoms with E-state index in [2.05, 4.69) is 91.8 Å². The van der Waals surface area contributed by atoms with Gasteiger partial charge in [-0.25, -0.2) is 5.06 Å². The number of hydrogen-bond donors (Lipinski definition) is 0. The van der Waals surface area contributed by atoms with E-state index in [1.54, 1.807) is 7.05 Å². The molecule has 4 atom stereocenters. The van der Waals surface area contributed by atoms with Gasteiger partial charge in [-0.2, -0.15) is 0 Å². The normalized spacial score (nSPS) is 33.4. The molecule has 0 aromatic rings. The maximum atomic E-state index is 13.3. The molecule has 0 spiro atoms. The van der Waals surface area contributed by atoms with E-state index in [1.807, 2.05) is 6.08 Å². The maximum Gasteiger partial charge on any atom is 0.275 e. The number of amides is 1. The van der Waals surface area contributed by atoms with Crippen molar-refractivity contribution < 1.29 is 14.4 Å². The van der Waals surface area contributed by atoms with Crippen LogP contribution in [0.5, 0.6) is 0 Å². The van der Waals surface area contributed by atoms with Gasteiger partial charge in [0.05, 0.1) is 12.7 Å². The number of carbonyl (C=O) groups excluding carboxylic acids is 1. The molecule has 0 unspecified atom stereocenters. The van der Waals surface area contributed by atoms with Crippen molar-refractivity contribution in [1.29, 1.82) is 0 Å². The molecular formula is C33H39NO3. The third-order valence-corrected chi connectivity index (χ3v) is 9.75. The van der Waals surface area contributed by atoms with E-state index in [0.717, 1.165) is 0 Å². The predicted molar refractivity (Wildman–Crippen MR) is 147 cm³/mol. The highest BCUT2D eigenvalue weighted by molar-refractivity contribution is 5.97. The van der Waals surface area contributed by atoms with Crippen LogP contribution in [0.4, 0.5) is 0 Å². The Bertz CT molecular complexity index is 1410. The topological polar surface area (TPSA) is 38.8 Å². The van der Waals surface area contributed by atoms with Crippen LogP contribution in [0.3, 0.4) is 0 Å². The number of hydrogen-bond acceptors (Lipinski definition) is 3. The molecule has 37 heavy (non-hydrogen) atoms. The predicted octanol–water partition coefficient (Wildman–Crippen LogP) is 6.73. The standard InChI is InChI=1S/C33H39NO3/c1-30(2,3)20-13-18-11-12-19-14-21(31(4,5)6)16-24-27-26(23(15-20)32(18,7)33(19,24)8)25-17-22(28(27)37-25)29(35)34(9)36-10/h11-17,25,28H,1-10H3/t25-,28+,32+,33+/m1/s1.